The first-order valence-corrected chi connectivity index (χ1v) is 6.02. The maximum Gasteiger partial charge on any atom is 0.273 e. The molecule has 2 aromatic rings. The Kier molecular flexibility index (Phi) is 4.20. The lowest BCUT2D eigenvalue weighted by Crippen LogP contribution is -2.14. The summed E-state index contributed by atoms with van der Waals surface area (Å²) < 4.78 is 0. The van der Waals surface area contributed by atoms with Crippen LogP contribution in [0.5, 0.6) is 0 Å². The topological polar surface area (TPSA) is 68.1 Å². The maximum absolute atomic E-state index is 10.9. The van der Waals surface area contributed by atoms with Crippen LogP contribution < -0.4 is 5.32 Å². The summed E-state index contributed by atoms with van der Waals surface area (Å²) in [6, 6.07) is 12.6. The summed E-state index contributed by atoms with van der Waals surface area (Å²) in [6.07, 6.45) is 0. The third-order valence-corrected chi connectivity index (χ3v) is 2.76. The van der Waals surface area contributed by atoms with E-state index in [1.807, 2.05) is 25.1 Å². The maximum atomic E-state index is 10.9. The number of nitrogens with zero attached hydrogens (tertiary/aromatic N) is 2. The van der Waals surface area contributed by atoms with Crippen LogP contribution in [0.25, 0.3) is 0 Å². The van der Waals surface area contributed by atoms with E-state index in [1.165, 1.54) is 6.07 Å². The average molecular weight is 257 g/mol. The second-order valence-electron chi connectivity index (χ2n) is 4.26. The van der Waals surface area contributed by atoms with Gasteiger partial charge in [0.05, 0.1) is 10.6 Å². The number of pyridine rings is 1. The van der Waals surface area contributed by atoms with E-state index in [0.29, 0.717) is 18.7 Å². The van der Waals surface area contributed by atoms with Crippen molar-refractivity contribution in [3.8, 4) is 0 Å². The van der Waals surface area contributed by atoms with Crippen molar-refractivity contribution in [2.24, 2.45) is 0 Å². The van der Waals surface area contributed by atoms with Crippen molar-refractivity contribution in [2.45, 2.75) is 20.0 Å². The van der Waals surface area contributed by atoms with E-state index in [2.05, 4.69) is 10.3 Å². The highest BCUT2D eigenvalue weighted by molar-refractivity contribution is 5.39. The van der Waals surface area contributed by atoms with E-state index < -0.39 is 0 Å². The quantitative estimate of drug-likeness (QED) is 0.660. The van der Waals surface area contributed by atoms with Gasteiger partial charge in [-0.25, -0.2) is 0 Å². The minimum atomic E-state index is -0.359. The molecule has 19 heavy (non-hydrogen) atoms. The van der Waals surface area contributed by atoms with E-state index in [4.69, 9.17) is 0 Å². The van der Waals surface area contributed by atoms with Crippen LogP contribution in [0.3, 0.4) is 0 Å². The molecule has 0 saturated carbocycles. The van der Waals surface area contributed by atoms with Crippen LogP contribution in [0.4, 0.5) is 5.69 Å². The van der Waals surface area contributed by atoms with Crippen molar-refractivity contribution in [1.29, 1.82) is 0 Å². The number of aromatic nitrogens is 1. The number of hydrogen-bond acceptors (Lipinski definition) is 4. The highest BCUT2D eigenvalue weighted by atomic mass is 16.6. The lowest BCUT2D eigenvalue weighted by atomic mass is 10.2. The van der Waals surface area contributed by atoms with Crippen molar-refractivity contribution in [3.05, 3.63) is 69.5 Å². The Morgan fingerprint density at radius 2 is 1.95 bits per heavy atom. The van der Waals surface area contributed by atoms with Gasteiger partial charge in [0, 0.05) is 30.4 Å². The van der Waals surface area contributed by atoms with Crippen LogP contribution in [0.1, 0.15) is 17.0 Å². The molecule has 0 aliphatic heterocycles. The molecule has 1 heterocycles. The zero-order valence-electron chi connectivity index (χ0n) is 10.7. The van der Waals surface area contributed by atoms with Gasteiger partial charge in [-0.2, -0.15) is 0 Å². The number of rotatable bonds is 5. The van der Waals surface area contributed by atoms with Gasteiger partial charge in [-0.1, -0.05) is 24.3 Å². The summed E-state index contributed by atoms with van der Waals surface area (Å²) >= 11 is 0. The Balaban J connectivity index is 1.98. The van der Waals surface area contributed by atoms with Crippen molar-refractivity contribution < 1.29 is 4.92 Å². The number of benzene rings is 1. The Bertz CT molecular complexity index is 584. The van der Waals surface area contributed by atoms with Crippen molar-refractivity contribution in [2.75, 3.05) is 0 Å². The van der Waals surface area contributed by atoms with Crippen molar-refractivity contribution in [1.82, 2.24) is 10.3 Å². The molecule has 0 atom stereocenters. The van der Waals surface area contributed by atoms with Crippen LogP contribution in [-0.4, -0.2) is 9.91 Å². The highest BCUT2D eigenvalue weighted by Crippen LogP contribution is 2.17. The number of nitro benzene ring substituents is 1. The van der Waals surface area contributed by atoms with Gasteiger partial charge in [-0.05, 0) is 19.1 Å². The molecule has 0 amide bonds. The van der Waals surface area contributed by atoms with Crippen LogP contribution in [0.15, 0.2) is 42.5 Å². The Morgan fingerprint density at radius 3 is 2.68 bits per heavy atom. The van der Waals surface area contributed by atoms with Crippen molar-refractivity contribution in [3.63, 3.8) is 0 Å². The molecular formula is C14H15N3O2. The fourth-order valence-electron chi connectivity index (χ4n) is 1.86. The van der Waals surface area contributed by atoms with Gasteiger partial charge in [0.25, 0.3) is 5.69 Å². The molecule has 1 aromatic heterocycles. The summed E-state index contributed by atoms with van der Waals surface area (Å²) in [4.78, 5) is 14.9. The minimum absolute atomic E-state index is 0.146. The molecule has 0 unspecified atom stereocenters. The number of nitro groups is 1. The van der Waals surface area contributed by atoms with Gasteiger partial charge in [-0.3, -0.25) is 15.1 Å². The molecule has 5 heteroatoms. The molecule has 1 N–H and O–H groups in total. The summed E-state index contributed by atoms with van der Waals surface area (Å²) in [5.41, 5.74) is 2.72. The van der Waals surface area contributed by atoms with Gasteiger partial charge in [0.1, 0.15) is 0 Å². The summed E-state index contributed by atoms with van der Waals surface area (Å²) in [5.74, 6) is 0. The van der Waals surface area contributed by atoms with Crippen LogP contribution in [0, 0.1) is 17.0 Å². The Labute approximate surface area is 111 Å². The largest absolute Gasteiger partial charge is 0.307 e. The summed E-state index contributed by atoms with van der Waals surface area (Å²) in [7, 11) is 0. The van der Waals surface area contributed by atoms with E-state index in [9.17, 15) is 10.1 Å². The monoisotopic (exact) mass is 257 g/mol. The number of hydrogen-bond donors (Lipinski definition) is 1. The number of nitrogens with one attached hydrogen (secondary N) is 1. The predicted octanol–water partition coefficient (Wildman–Crippen LogP) is 2.59. The van der Waals surface area contributed by atoms with E-state index in [0.717, 1.165) is 11.4 Å². The minimum Gasteiger partial charge on any atom is -0.307 e. The smallest absolute Gasteiger partial charge is 0.273 e. The molecule has 0 aliphatic carbocycles. The number of para-hydroxylation sites is 1. The fourth-order valence-corrected chi connectivity index (χ4v) is 1.86. The zero-order valence-corrected chi connectivity index (χ0v) is 10.7. The second kappa shape index (κ2) is 6.06. The molecular weight excluding hydrogens is 242 g/mol. The van der Waals surface area contributed by atoms with Crippen LogP contribution in [0.2, 0.25) is 0 Å². The fraction of sp³-hybridized carbons (Fsp3) is 0.214. The first kappa shape index (κ1) is 13.2. The van der Waals surface area contributed by atoms with Gasteiger partial charge >= 0.3 is 0 Å². The molecule has 5 nitrogen and oxygen atoms in total. The standard InChI is InChI=1S/C14H15N3O2/c1-11-5-4-7-13(16-11)10-15-9-12-6-2-3-8-14(12)17(18)19/h2-8,15H,9-10H2,1H3. The van der Waals surface area contributed by atoms with Gasteiger partial charge in [0.15, 0.2) is 0 Å². The van der Waals surface area contributed by atoms with E-state index in [1.54, 1.807) is 18.2 Å². The number of aryl methyl sites for hydroxylation is 1. The van der Waals surface area contributed by atoms with Crippen LogP contribution >= 0.6 is 0 Å². The summed E-state index contributed by atoms with van der Waals surface area (Å²) in [6.45, 7) is 2.98. The zero-order chi connectivity index (χ0) is 13.7. The highest BCUT2D eigenvalue weighted by Gasteiger charge is 2.11. The van der Waals surface area contributed by atoms with E-state index >= 15 is 0 Å². The molecule has 0 spiro atoms. The van der Waals surface area contributed by atoms with Crippen molar-refractivity contribution >= 4 is 5.69 Å². The summed E-state index contributed by atoms with van der Waals surface area (Å²) in [5, 5.41) is 14.0. The molecule has 0 saturated heterocycles. The third-order valence-electron chi connectivity index (χ3n) is 2.76. The average Bonchev–Trinajstić information content (AvgIpc) is 2.39. The molecule has 1 aromatic carbocycles. The molecule has 0 fully saturated rings. The van der Waals surface area contributed by atoms with Crippen LogP contribution in [-0.2, 0) is 13.1 Å². The molecule has 0 bridgehead atoms. The SMILES string of the molecule is Cc1cccc(CNCc2ccccc2[N+](=O)[O-])n1. The Morgan fingerprint density at radius 1 is 1.16 bits per heavy atom. The van der Waals surface area contributed by atoms with Gasteiger partial charge < -0.3 is 5.32 Å². The first-order valence-electron chi connectivity index (χ1n) is 6.02. The molecule has 98 valence electrons. The van der Waals surface area contributed by atoms with E-state index in [-0.39, 0.29) is 10.6 Å². The van der Waals surface area contributed by atoms with Gasteiger partial charge in [-0.15, -0.1) is 0 Å². The lowest BCUT2D eigenvalue weighted by molar-refractivity contribution is -0.385. The van der Waals surface area contributed by atoms with Gasteiger partial charge in [0.2, 0.25) is 0 Å². The lowest BCUT2D eigenvalue weighted by Gasteiger charge is -2.05. The predicted molar refractivity (Wildman–Crippen MR) is 72.6 cm³/mol. The molecule has 0 aliphatic rings. The Hall–Kier alpha value is -2.27. The molecule has 2 rings (SSSR count). The second-order valence-corrected chi connectivity index (χ2v) is 4.26. The third kappa shape index (κ3) is 3.59. The molecule has 0 radical (unpaired) electrons. The normalized spacial score (nSPS) is 10.4. The first-order chi connectivity index (χ1) is 9.16.